The molecule has 2 aromatic heterocycles. The molecule has 0 unspecified atom stereocenters. The minimum absolute atomic E-state index is 0.174. The van der Waals surface area contributed by atoms with Crippen LogP contribution in [0.25, 0.3) is 10.9 Å². The van der Waals surface area contributed by atoms with Crippen molar-refractivity contribution in [2.24, 2.45) is 7.05 Å². The fourth-order valence-corrected chi connectivity index (χ4v) is 2.75. The number of hydrogen-bond donors (Lipinski definition) is 1. The molecular formula is C18H19FN4O. The number of rotatable bonds is 5. The lowest BCUT2D eigenvalue weighted by atomic mass is 10.2. The average Bonchev–Trinajstić information content (AvgIpc) is 3.36. The molecule has 3 aromatic rings. The Morgan fingerprint density at radius 2 is 2.12 bits per heavy atom. The minimum Gasteiger partial charge on any atom is -0.436 e. The van der Waals surface area contributed by atoms with E-state index < -0.39 is 0 Å². The third-order valence-electron chi connectivity index (χ3n) is 4.43. The van der Waals surface area contributed by atoms with Gasteiger partial charge in [-0.1, -0.05) is 0 Å². The third kappa shape index (κ3) is 2.85. The zero-order valence-electron chi connectivity index (χ0n) is 13.7. The fraction of sp³-hybridized carbons (Fsp3) is 0.333. The molecule has 5 nitrogen and oxygen atoms in total. The first-order chi connectivity index (χ1) is 11.6. The van der Waals surface area contributed by atoms with Crippen LogP contribution in [0.3, 0.4) is 0 Å². The molecule has 2 heterocycles. The summed E-state index contributed by atoms with van der Waals surface area (Å²) in [6, 6.07) is 7.67. The number of hydrogen-bond acceptors (Lipinski definition) is 4. The van der Waals surface area contributed by atoms with Gasteiger partial charge in [0.15, 0.2) is 11.6 Å². The SMILES string of the molecule is Cc1cc2c(F)c(Oc3cc(CNC4CC4)ncn3)ccc2n1C. The monoisotopic (exact) mass is 326 g/mol. The quantitative estimate of drug-likeness (QED) is 0.780. The predicted molar refractivity (Wildman–Crippen MR) is 89.6 cm³/mol. The lowest BCUT2D eigenvalue weighted by molar-refractivity contribution is 0.428. The van der Waals surface area contributed by atoms with E-state index in [9.17, 15) is 4.39 Å². The summed E-state index contributed by atoms with van der Waals surface area (Å²) >= 11 is 0. The van der Waals surface area contributed by atoms with E-state index in [0.717, 1.165) is 16.9 Å². The molecule has 0 amide bonds. The highest BCUT2D eigenvalue weighted by Crippen LogP contribution is 2.31. The van der Waals surface area contributed by atoms with Gasteiger partial charge in [0.25, 0.3) is 0 Å². The van der Waals surface area contributed by atoms with E-state index in [4.69, 9.17) is 4.74 Å². The van der Waals surface area contributed by atoms with E-state index in [0.29, 0.717) is 23.9 Å². The molecule has 1 aromatic carbocycles. The molecular weight excluding hydrogens is 307 g/mol. The van der Waals surface area contributed by atoms with Gasteiger partial charge >= 0.3 is 0 Å². The van der Waals surface area contributed by atoms with Crippen molar-refractivity contribution in [2.75, 3.05) is 0 Å². The van der Waals surface area contributed by atoms with Gasteiger partial charge in [-0.3, -0.25) is 0 Å². The maximum Gasteiger partial charge on any atom is 0.222 e. The highest BCUT2D eigenvalue weighted by molar-refractivity contribution is 5.83. The van der Waals surface area contributed by atoms with Gasteiger partial charge in [0, 0.05) is 36.8 Å². The predicted octanol–water partition coefficient (Wildman–Crippen LogP) is 3.46. The van der Waals surface area contributed by atoms with Gasteiger partial charge in [-0.2, -0.15) is 0 Å². The Bertz CT molecular complexity index is 901. The van der Waals surface area contributed by atoms with Gasteiger partial charge in [-0.25, -0.2) is 14.4 Å². The molecule has 0 radical (unpaired) electrons. The summed E-state index contributed by atoms with van der Waals surface area (Å²) in [6.45, 7) is 2.62. The van der Waals surface area contributed by atoms with Gasteiger partial charge < -0.3 is 14.6 Å². The van der Waals surface area contributed by atoms with Crippen molar-refractivity contribution in [2.45, 2.75) is 32.4 Å². The molecule has 0 atom stereocenters. The van der Waals surface area contributed by atoms with E-state index in [1.54, 1.807) is 12.1 Å². The van der Waals surface area contributed by atoms with Crippen molar-refractivity contribution in [3.8, 4) is 11.6 Å². The molecule has 0 aliphatic heterocycles. The van der Waals surface area contributed by atoms with Crippen LogP contribution in [-0.2, 0) is 13.6 Å². The van der Waals surface area contributed by atoms with Crippen LogP contribution in [0, 0.1) is 12.7 Å². The molecule has 1 aliphatic rings. The molecule has 6 heteroatoms. The standard InChI is InChI=1S/C18H19FN4O/c1-11-7-14-15(23(11)2)5-6-16(18(14)19)24-17-8-13(21-10-22-17)9-20-12-3-4-12/h5-8,10,12,20H,3-4,9H2,1-2H3. The maximum absolute atomic E-state index is 14.7. The third-order valence-corrected chi connectivity index (χ3v) is 4.43. The number of aryl methyl sites for hydroxylation is 2. The van der Waals surface area contributed by atoms with Gasteiger partial charge in [0.05, 0.1) is 11.2 Å². The van der Waals surface area contributed by atoms with Crippen LogP contribution in [0.1, 0.15) is 24.2 Å². The Balaban J connectivity index is 1.59. The molecule has 4 rings (SSSR count). The summed E-state index contributed by atoms with van der Waals surface area (Å²) in [4.78, 5) is 8.31. The van der Waals surface area contributed by atoms with Gasteiger partial charge in [-0.05, 0) is 38.0 Å². The lowest BCUT2D eigenvalue weighted by Crippen LogP contribution is -2.16. The topological polar surface area (TPSA) is 52.0 Å². The number of nitrogens with one attached hydrogen (secondary N) is 1. The lowest BCUT2D eigenvalue weighted by Gasteiger charge is -2.08. The highest BCUT2D eigenvalue weighted by atomic mass is 19.1. The molecule has 1 N–H and O–H groups in total. The first-order valence-corrected chi connectivity index (χ1v) is 8.08. The van der Waals surface area contributed by atoms with E-state index in [1.165, 1.54) is 19.2 Å². The van der Waals surface area contributed by atoms with Crippen molar-refractivity contribution in [3.63, 3.8) is 0 Å². The van der Waals surface area contributed by atoms with Crippen LogP contribution in [-0.4, -0.2) is 20.6 Å². The number of nitrogens with zero attached hydrogens (tertiary/aromatic N) is 3. The zero-order chi connectivity index (χ0) is 16.7. The number of halogens is 1. The van der Waals surface area contributed by atoms with Crippen LogP contribution in [0.15, 0.2) is 30.6 Å². The van der Waals surface area contributed by atoms with E-state index in [-0.39, 0.29) is 11.6 Å². The van der Waals surface area contributed by atoms with Crippen molar-refractivity contribution < 1.29 is 9.13 Å². The normalized spacial score (nSPS) is 14.3. The summed E-state index contributed by atoms with van der Waals surface area (Å²) in [5.41, 5.74) is 2.68. The Kier molecular flexibility index (Phi) is 3.69. The van der Waals surface area contributed by atoms with Crippen LogP contribution in [0.4, 0.5) is 4.39 Å². The molecule has 1 saturated carbocycles. The van der Waals surface area contributed by atoms with Crippen LogP contribution < -0.4 is 10.1 Å². The average molecular weight is 326 g/mol. The Labute approximate surface area is 139 Å². The van der Waals surface area contributed by atoms with Crippen LogP contribution in [0.2, 0.25) is 0 Å². The molecule has 24 heavy (non-hydrogen) atoms. The number of aromatic nitrogens is 3. The summed E-state index contributed by atoms with van der Waals surface area (Å²) in [5, 5.41) is 3.94. The molecule has 0 spiro atoms. The number of ether oxygens (including phenoxy) is 1. The van der Waals surface area contributed by atoms with Gasteiger partial charge in [-0.15, -0.1) is 0 Å². The van der Waals surface area contributed by atoms with Crippen LogP contribution >= 0.6 is 0 Å². The maximum atomic E-state index is 14.7. The van der Waals surface area contributed by atoms with Crippen molar-refractivity contribution >= 4 is 10.9 Å². The smallest absolute Gasteiger partial charge is 0.222 e. The molecule has 1 fully saturated rings. The summed E-state index contributed by atoms with van der Waals surface area (Å²) in [7, 11) is 1.92. The summed E-state index contributed by atoms with van der Waals surface area (Å²) < 4.78 is 22.3. The Morgan fingerprint density at radius 3 is 2.92 bits per heavy atom. The first-order valence-electron chi connectivity index (χ1n) is 8.08. The van der Waals surface area contributed by atoms with E-state index >= 15 is 0 Å². The fourth-order valence-electron chi connectivity index (χ4n) is 2.75. The molecule has 124 valence electrons. The second kappa shape index (κ2) is 5.87. The molecule has 0 bridgehead atoms. The Morgan fingerprint density at radius 1 is 1.29 bits per heavy atom. The minimum atomic E-state index is -0.368. The van der Waals surface area contributed by atoms with Crippen molar-refractivity contribution in [1.29, 1.82) is 0 Å². The number of benzene rings is 1. The van der Waals surface area contributed by atoms with Crippen molar-refractivity contribution in [3.05, 3.63) is 47.8 Å². The van der Waals surface area contributed by atoms with Gasteiger partial charge in [0.2, 0.25) is 5.88 Å². The Hall–Kier alpha value is -2.47. The summed E-state index contributed by atoms with van der Waals surface area (Å²) in [5.74, 6) is 0.156. The highest BCUT2D eigenvalue weighted by Gasteiger charge is 2.20. The zero-order valence-corrected chi connectivity index (χ0v) is 13.7. The van der Waals surface area contributed by atoms with Crippen LogP contribution in [0.5, 0.6) is 11.6 Å². The molecule has 1 aliphatic carbocycles. The largest absolute Gasteiger partial charge is 0.436 e. The second-order valence-electron chi connectivity index (χ2n) is 6.26. The van der Waals surface area contributed by atoms with Gasteiger partial charge in [0.1, 0.15) is 6.33 Å². The van der Waals surface area contributed by atoms with E-state index in [1.807, 2.05) is 30.7 Å². The number of fused-ring (bicyclic) bond motifs is 1. The molecule has 0 saturated heterocycles. The summed E-state index contributed by atoms with van der Waals surface area (Å²) in [6.07, 6.45) is 3.88. The van der Waals surface area contributed by atoms with Crippen molar-refractivity contribution in [1.82, 2.24) is 19.9 Å². The second-order valence-corrected chi connectivity index (χ2v) is 6.26. The first kappa shape index (κ1) is 15.1. The van der Waals surface area contributed by atoms with E-state index in [2.05, 4.69) is 15.3 Å².